The van der Waals surface area contributed by atoms with Crippen molar-refractivity contribution in [3.63, 3.8) is 0 Å². The average molecular weight is 302 g/mol. The van der Waals surface area contributed by atoms with Gasteiger partial charge >= 0.3 is 5.97 Å². The summed E-state index contributed by atoms with van der Waals surface area (Å²) >= 11 is 0. The first-order valence-electron chi connectivity index (χ1n) is 7.10. The van der Waals surface area contributed by atoms with Crippen molar-refractivity contribution < 1.29 is 18.7 Å². The number of unbranched alkanes of at least 4 members (excludes halogenated alkanes) is 1. The average Bonchev–Trinajstić information content (AvgIpc) is 2.54. The van der Waals surface area contributed by atoms with Crippen LogP contribution in [0.25, 0.3) is 17.0 Å². The van der Waals surface area contributed by atoms with Gasteiger partial charge in [0.2, 0.25) is 0 Å². The number of esters is 1. The van der Waals surface area contributed by atoms with E-state index in [1.807, 2.05) is 6.92 Å². The third kappa shape index (κ3) is 3.75. The maximum Gasteiger partial charge on any atom is 0.330 e. The number of fused-ring (bicyclic) bond motifs is 1. The Balaban J connectivity index is 2.20. The molecule has 5 nitrogen and oxygen atoms in total. The number of hydrogen-bond donors (Lipinski definition) is 0. The van der Waals surface area contributed by atoms with Gasteiger partial charge < -0.3 is 13.9 Å². The van der Waals surface area contributed by atoms with Crippen LogP contribution < -0.4 is 10.2 Å². The van der Waals surface area contributed by atoms with Gasteiger partial charge in [0.15, 0.2) is 5.43 Å². The van der Waals surface area contributed by atoms with Crippen LogP contribution in [0.1, 0.15) is 25.3 Å². The quantitative estimate of drug-likeness (QED) is 0.466. The summed E-state index contributed by atoms with van der Waals surface area (Å²) < 4.78 is 15.5. The summed E-state index contributed by atoms with van der Waals surface area (Å²) in [5.41, 5.74) is 0.527. The first-order chi connectivity index (χ1) is 10.7. The Morgan fingerprint density at radius 3 is 2.91 bits per heavy atom. The van der Waals surface area contributed by atoms with Gasteiger partial charge in [0.25, 0.3) is 0 Å². The van der Waals surface area contributed by atoms with Gasteiger partial charge in [0.1, 0.15) is 17.6 Å². The normalized spacial score (nSPS) is 11.0. The van der Waals surface area contributed by atoms with E-state index in [9.17, 15) is 9.59 Å². The molecule has 0 bridgehead atoms. The van der Waals surface area contributed by atoms with E-state index in [1.165, 1.54) is 18.4 Å². The van der Waals surface area contributed by atoms with Crippen LogP contribution >= 0.6 is 0 Å². The number of methoxy groups -OCH3 is 1. The predicted molar refractivity (Wildman–Crippen MR) is 83.9 cm³/mol. The SMILES string of the molecule is CCCCOC(=O)/C=C/c1coc2cc(OC)ccc2c1=O. The molecule has 0 aliphatic heterocycles. The maximum absolute atomic E-state index is 12.3. The van der Waals surface area contributed by atoms with Crippen LogP contribution in [0, 0.1) is 0 Å². The summed E-state index contributed by atoms with van der Waals surface area (Å²) in [6.45, 7) is 2.39. The number of carbonyl (C=O) groups is 1. The molecule has 0 radical (unpaired) electrons. The fourth-order valence-electron chi connectivity index (χ4n) is 1.89. The number of hydrogen-bond acceptors (Lipinski definition) is 5. The van der Waals surface area contributed by atoms with Crippen LogP contribution in [0.2, 0.25) is 0 Å². The molecule has 0 spiro atoms. The summed E-state index contributed by atoms with van der Waals surface area (Å²) in [7, 11) is 1.54. The molecule has 1 aromatic heterocycles. The second-order valence-corrected chi connectivity index (χ2v) is 4.74. The Labute approximate surface area is 128 Å². The van der Waals surface area contributed by atoms with E-state index >= 15 is 0 Å². The molecular weight excluding hydrogens is 284 g/mol. The lowest BCUT2D eigenvalue weighted by molar-refractivity contribution is -0.137. The van der Waals surface area contributed by atoms with E-state index in [2.05, 4.69) is 0 Å². The Bertz CT molecular complexity index is 742. The van der Waals surface area contributed by atoms with Gasteiger partial charge in [-0.15, -0.1) is 0 Å². The van der Waals surface area contributed by atoms with Crippen molar-refractivity contribution in [2.75, 3.05) is 13.7 Å². The fourth-order valence-corrected chi connectivity index (χ4v) is 1.89. The zero-order chi connectivity index (χ0) is 15.9. The molecule has 0 unspecified atom stereocenters. The highest BCUT2D eigenvalue weighted by Gasteiger charge is 2.06. The molecule has 0 atom stereocenters. The monoisotopic (exact) mass is 302 g/mol. The van der Waals surface area contributed by atoms with Crippen molar-refractivity contribution in [2.24, 2.45) is 0 Å². The first kappa shape index (κ1) is 15.8. The van der Waals surface area contributed by atoms with E-state index in [4.69, 9.17) is 13.9 Å². The van der Waals surface area contributed by atoms with E-state index in [0.29, 0.717) is 28.9 Å². The highest BCUT2D eigenvalue weighted by atomic mass is 16.5. The molecule has 22 heavy (non-hydrogen) atoms. The number of rotatable bonds is 6. The van der Waals surface area contributed by atoms with Gasteiger partial charge in [-0.3, -0.25) is 4.79 Å². The summed E-state index contributed by atoms with van der Waals surface area (Å²) in [6.07, 6.45) is 5.73. The lowest BCUT2D eigenvalue weighted by Crippen LogP contribution is -2.06. The van der Waals surface area contributed by atoms with Crippen molar-refractivity contribution in [1.82, 2.24) is 0 Å². The van der Waals surface area contributed by atoms with Crippen LogP contribution in [0.15, 0.2) is 39.7 Å². The van der Waals surface area contributed by atoms with E-state index in [-0.39, 0.29) is 5.43 Å². The zero-order valence-corrected chi connectivity index (χ0v) is 12.6. The minimum Gasteiger partial charge on any atom is -0.497 e. The van der Waals surface area contributed by atoms with Gasteiger partial charge in [-0.2, -0.15) is 0 Å². The highest BCUT2D eigenvalue weighted by Crippen LogP contribution is 2.19. The molecule has 1 heterocycles. The van der Waals surface area contributed by atoms with Gasteiger partial charge in [-0.1, -0.05) is 13.3 Å². The molecule has 1 aromatic carbocycles. The predicted octanol–water partition coefficient (Wildman–Crippen LogP) is 3.16. The van der Waals surface area contributed by atoms with E-state index in [1.54, 1.807) is 25.3 Å². The second-order valence-electron chi connectivity index (χ2n) is 4.74. The third-order valence-corrected chi connectivity index (χ3v) is 3.15. The molecule has 0 amide bonds. The summed E-state index contributed by atoms with van der Waals surface area (Å²) in [4.78, 5) is 23.8. The Kier molecular flexibility index (Phi) is 5.36. The standard InChI is InChI=1S/C17H18O5/c1-3-4-9-21-16(18)8-5-12-11-22-15-10-13(20-2)6-7-14(15)17(12)19/h5-8,10-11H,3-4,9H2,1-2H3/b8-5+. The smallest absolute Gasteiger partial charge is 0.330 e. The van der Waals surface area contributed by atoms with Gasteiger partial charge in [-0.05, 0) is 24.6 Å². The van der Waals surface area contributed by atoms with Crippen molar-refractivity contribution >= 4 is 23.0 Å². The highest BCUT2D eigenvalue weighted by molar-refractivity contribution is 5.88. The van der Waals surface area contributed by atoms with Crippen LogP contribution in [0.5, 0.6) is 5.75 Å². The van der Waals surface area contributed by atoms with Crippen LogP contribution in [-0.4, -0.2) is 19.7 Å². The largest absolute Gasteiger partial charge is 0.497 e. The Morgan fingerprint density at radius 2 is 2.18 bits per heavy atom. The number of carbonyl (C=O) groups excluding carboxylic acids is 1. The molecule has 0 saturated carbocycles. The molecule has 0 aliphatic rings. The molecule has 2 rings (SSSR count). The molecule has 2 aromatic rings. The molecule has 0 saturated heterocycles. The van der Waals surface area contributed by atoms with Crippen LogP contribution in [0.3, 0.4) is 0 Å². The van der Waals surface area contributed by atoms with Crippen molar-refractivity contribution in [2.45, 2.75) is 19.8 Å². The molecule has 0 fully saturated rings. The van der Waals surface area contributed by atoms with Gasteiger partial charge in [0, 0.05) is 12.1 Å². The molecule has 0 aliphatic carbocycles. The Hall–Kier alpha value is -2.56. The van der Waals surface area contributed by atoms with Crippen LogP contribution in [-0.2, 0) is 9.53 Å². The lowest BCUT2D eigenvalue weighted by atomic mass is 10.1. The van der Waals surface area contributed by atoms with Crippen molar-refractivity contribution in [3.8, 4) is 5.75 Å². The van der Waals surface area contributed by atoms with E-state index < -0.39 is 5.97 Å². The molecular formula is C17H18O5. The topological polar surface area (TPSA) is 65.7 Å². The van der Waals surface area contributed by atoms with Crippen molar-refractivity contribution in [3.05, 3.63) is 46.3 Å². The second kappa shape index (κ2) is 7.45. The minimum absolute atomic E-state index is 0.207. The molecule has 116 valence electrons. The zero-order valence-electron chi connectivity index (χ0n) is 12.6. The first-order valence-corrected chi connectivity index (χ1v) is 7.10. The van der Waals surface area contributed by atoms with Crippen molar-refractivity contribution in [1.29, 1.82) is 0 Å². The lowest BCUT2D eigenvalue weighted by Gasteiger charge is -2.02. The summed E-state index contributed by atoms with van der Waals surface area (Å²) in [5, 5.41) is 0.433. The maximum atomic E-state index is 12.3. The van der Waals surface area contributed by atoms with Gasteiger partial charge in [-0.25, -0.2) is 4.79 Å². The van der Waals surface area contributed by atoms with Gasteiger partial charge in [0.05, 0.1) is 24.7 Å². The van der Waals surface area contributed by atoms with Crippen LogP contribution in [0.4, 0.5) is 0 Å². The van der Waals surface area contributed by atoms with E-state index in [0.717, 1.165) is 12.8 Å². The third-order valence-electron chi connectivity index (χ3n) is 3.15. The Morgan fingerprint density at radius 1 is 1.36 bits per heavy atom. The summed E-state index contributed by atoms with van der Waals surface area (Å²) in [6, 6.07) is 4.96. The molecule has 0 N–H and O–H groups in total. The fraction of sp³-hybridized carbons (Fsp3) is 0.294. The summed E-state index contributed by atoms with van der Waals surface area (Å²) in [5.74, 6) is 0.140. The minimum atomic E-state index is -0.470. The molecule has 5 heteroatoms. The number of benzene rings is 1. The number of ether oxygens (including phenoxy) is 2.